The predicted molar refractivity (Wildman–Crippen MR) is 54.4 cm³/mol. The van der Waals surface area contributed by atoms with Crippen LogP contribution in [0.25, 0.3) is 0 Å². The number of rotatable bonds is 7. The summed E-state index contributed by atoms with van der Waals surface area (Å²) in [6.45, 7) is 2.99. The number of hydrogen-bond donors (Lipinski definition) is 2. The quantitative estimate of drug-likeness (QED) is 0.443. The maximum absolute atomic E-state index is 10.8. The van der Waals surface area contributed by atoms with Crippen LogP contribution in [0.1, 0.15) is 6.92 Å². The maximum atomic E-state index is 10.8. The van der Waals surface area contributed by atoms with Crippen LogP contribution in [0.3, 0.4) is 0 Å². The summed E-state index contributed by atoms with van der Waals surface area (Å²) < 4.78 is 9.38. The molecule has 0 radical (unpaired) electrons. The SMILES string of the molecule is C=CC(=O)OCC(CO)(CO)COC(C)=O. The van der Waals surface area contributed by atoms with E-state index in [4.69, 9.17) is 14.9 Å². The van der Waals surface area contributed by atoms with Crippen LogP contribution in [-0.4, -0.2) is 48.6 Å². The summed E-state index contributed by atoms with van der Waals surface area (Å²) in [6, 6.07) is 0. The minimum atomic E-state index is -1.18. The van der Waals surface area contributed by atoms with Gasteiger partial charge >= 0.3 is 11.9 Å². The molecule has 0 aliphatic carbocycles. The van der Waals surface area contributed by atoms with Gasteiger partial charge in [-0.05, 0) is 0 Å². The van der Waals surface area contributed by atoms with Crippen LogP contribution in [0.4, 0.5) is 0 Å². The number of ether oxygens (including phenoxy) is 2. The van der Waals surface area contributed by atoms with Crippen LogP contribution in [-0.2, 0) is 19.1 Å². The van der Waals surface area contributed by atoms with Crippen LogP contribution in [0.5, 0.6) is 0 Å². The summed E-state index contributed by atoms with van der Waals surface area (Å²) in [4.78, 5) is 21.4. The molecule has 2 N–H and O–H groups in total. The van der Waals surface area contributed by atoms with Crippen molar-refractivity contribution in [2.75, 3.05) is 26.4 Å². The largest absolute Gasteiger partial charge is 0.465 e. The van der Waals surface area contributed by atoms with Gasteiger partial charge in [-0.2, -0.15) is 0 Å². The van der Waals surface area contributed by atoms with Gasteiger partial charge in [0, 0.05) is 13.0 Å². The van der Waals surface area contributed by atoms with Gasteiger partial charge in [0.2, 0.25) is 0 Å². The molecule has 6 heteroatoms. The molecule has 0 unspecified atom stereocenters. The zero-order valence-corrected chi connectivity index (χ0v) is 9.14. The maximum Gasteiger partial charge on any atom is 0.330 e. The number of esters is 2. The summed E-state index contributed by atoms with van der Waals surface area (Å²) >= 11 is 0. The van der Waals surface area contributed by atoms with Crippen molar-refractivity contribution in [3.05, 3.63) is 12.7 Å². The van der Waals surface area contributed by atoms with E-state index in [0.29, 0.717) is 0 Å². The van der Waals surface area contributed by atoms with Crippen molar-refractivity contribution in [2.45, 2.75) is 6.92 Å². The van der Waals surface area contributed by atoms with Crippen molar-refractivity contribution in [1.29, 1.82) is 0 Å². The molecular formula is C10H16O6. The lowest BCUT2D eigenvalue weighted by atomic mass is 9.92. The first-order valence-electron chi connectivity index (χ1n) is 4.64. The van der Waals surface area contributed by atoms with Gasteiger partial charge in [0.15, 0.2) is 0 Å². The third-order valence-electron chi connectivity index (χ3n) is 1.94. The second kappa shape index (κ2) is 6.97. The smallest absolute Gasteiger partial charge is 0.330 e. The van der Waals surface area contributed by atoms with Gasteiger partial charge in [0.25, 0.3) is 0 Å². The highest BCUT2D eigenvalue weighted by Crippen LogP contribution is 2.17. The van der Waals surface area contributed by atoms with Crippen molar-refractivity contribution < 1.29 is 29.3 Å². The highest BCUT2D eigenvalue weighted by Gasteiger charge is 2.32. The lowest BCUT2D eigenvalue weighted by molar-refractivity contribution is -0.154. The summed E-state index contributed by atoms with van der Waals surface area (Å²) in [5, 5.41) is 18.2. The Morgan fingerprint density at radius 1 is 1.25 bits per heavy atom. The fourth-order valence-corrected chi connectivity index (χ4v) is 0.812. The molecule has 0 bridgehead atoms. The van der Waals surface area contributed by atoms with Gasteiger partial charge < -0.3 is 19.7 Å². The fourth-order valence-electron chi connectivity index (χ4n) is 0.812. The standard InChI is InChI=1S/C10H16O6/c1-3-9(14)16-7-10(4-11,5-12)6-15-8(2)13/h3,11-12H,1,4-7H2,2H3. The van der Waals surface area contributed by atoms with Crippen LogP contribution in [0.15, 0.2) is 12.7 Å². The van der Waals surface area contributed by atoms with E-state index < -0.39 is 30.6 Å². The van der Waals surface area contributed by atoms with E-state index in [1.165, 1.54) is 6.92 Å². The summed E-state index contributed by atoms with van der Waals surface area (Å²) in [5.41, 5.74) is -1.18. The third kappa shape index (κ3) is 4.90. The molecule has 0 fully saturated rings. The minimum absolute atomic E-state index is 0.222. The summed E-state index contributed by atoms with van der Waals surface area (Å²) in [6.07, 6.45) is 0.964. The second-order valence-electron chi connectivity index (χ2n) is 3.41. The van der Waals surface area contributed by atoms with Crippen molar-refractivity contribution >= 4 is 11.9 Å². The molecule has 0 heterocycles. The monoisotopic (exact) mass is 232 g/mol. The van der Waals surface area contributed by atoms with E-state index >= 15 is 0 Å². The van der Waals surface area contributed by atoms with Gasteiger partial charge in [-0.25, -0.2) is 4.79 Å². The van der Waals surface area contributed by atoms with Gasteiger partial charge in [0.05, 0.1) is 18.6 Å². The highest BCUT2D eigenvalue weighted by atomic mass is 16.5. The van der Waals surface area contributed by atoms with E-state index in [2.05, 4.69) is 11.3 Å². The Morgan fingerprint density at radius 2 is 1.75 bits per heavy atom. The first-order chi connectivity index (χ1) is 7.49. The molecule has 0 aromatic heterocycles. The number of carbonyl (C=O) groups excluding carboxylic acids is 2. The van der Waals surface area contributed by atoms with Crippen LogP contribution >= 0.6 is 0 Å². The van der Waals surface area contributed by atoms with E-state index in [-0.39, 0.29) is 13.2 Å². The Hall–Kier alpha value is -1.40. The van der Waals surface area contributed by atoms with Crippen molar-refractivity contribution in [1.82, 2.24) is 0 Å². The normalized spacial score (nSPS) is 10.7. The highest BCUT2D eigenvalue weighted by molar-refractivity contribution is 5.81. The van der Waals surface area contributed by atoms with E-state index in [1.807, 2.05) is 0 Å². The Bertz CT molecular complexity index is 256. The average Bonchev–Trinajstić information content (AvgIpc) is 2.29. The van der Waals surface area contributed by atoms with E-state index in [0.717, 1.165) is 6.08 Å². The molecule has 0 aliphatic rings. The molecule has 0 aliphatic heterocycles. The molecule has 0 aromatic carbocycles. The number of aliphatic hydroxyl groups excluding tert-OH is 2. The Balaban J connectivity index is 4.36. The third-order valence-corrected chi connectivity index (χ3v) is 1.94. The molecule has 0 aromatic rings. The molecule has 92 valence electrons. The van der Waals surface area contributed by atoms with Crippen LogP contribution in [0.2, 0.25) is 0 Å². The number of aliphatic hydroxyl groups is 2. The zero-order valence-electron chi connectivity index (χ0n) is 9.14. The van der Waals surface area contributed by atoms with Crippen LogP contribution in [0, 0.1) is 5.41 Å². The number of carbonyl (C=O) groups is 2. The first-order valence-corrected chi connectivity index (χ1v) is 4.64. The molecule has 16 heavy (non-hydrogen) atoms. The average molecular weight is 232 g/mol. The van der Waals surface area contributed by atoms with Gasteiger partial charge in [-0.1, -0.05) is 6.58 Å². The van der Waals surface area contributed by atoms with E-state index in [9.17, 15) is 9.59 Å². The number of hydrogen-bond acceptors (Lipinski definition) is 6. The van der Waals surface area contributed by atoms with Gasteiger partial charge in [-0.3, -0.25) is 4.79 Å². The lowest BCUT2D eigenvalue weighted by Crippen LogP contribution is -2.40. The van der Waals surface area contributed by atoms with Gasteiger partial charge in [0.1, 0.15) is 13.2 Å². The molecule has 0 saturated heterocycles. The van der Waals surface area contributed by atoms with Crippen molar-refractivity contribution in [3.63, 3.8) is 0 Å². The van der Waals surface area contributed by atoms with Crippen LogP contribution < -0.4 is 0 Å². The first kappa shape index (κ1) is 14.6. The molecule has 6 nitrogen and oxygen atoms in total. The summed E-state index contributed by atoms with van der Waals surface area (Å²) in [5.74, 6) is -1.21. The topological polar surface area (TPSA) is 93.1 Å². The molecular weight excluding hydrogens is 216 g/mol. The molecule has 0 atom stereocenters. The lowest BCUT2D eigenvalue weighted by Gasteiger charge is -2.27. The fraction of sp³-hybridized carbons (Fsp3) is 0.600. The minimum Gasteiger partial charge on any atom is -0.465 e. The second-order valence-corrected chi connectivity index (χ2v) is 3.41. The van der Waals surface area contributed by atoms with Crippen molar-refractivity contribution in [3.8, 4) is 0 Å². The molecule has 0 saturated carbocycles. The Labute approximate surface area is 93.5 Å². The van der Waals surface area contributed by atoms with E-state index in [1.54, 1.807) is 0 Å². The molecule has 0 rings (SSSR count). The predicted octanol–water partition coefficient (Wildman–Crippen LogP) is -0.750. The molecule has 0 spiro atoms. The summed E-state index contributed by atoms with van der Waals surface area (Å²) in [7, 11) is 0. The van der Waals surface area contributed by atoms with Crippen molar-refractivity contribution in [2.24, 2.45) is 5.41 Å². The van der Waals surface area contributed by atoms with Gasteiger partial charge in [-0.15, -0.1) is 0 Å². The zero-order chi connectivity index (χ0) is 12.6. The molecule has 0 amide bonds. The Kier molecular flexibility index (Phi) is 6.36. The Morgan fingerprint density at radius 3 is 2.12 bits per heavy atom.